The summed E-state index contributed by atoms with van der Waals surface area (Å²) < 4.78 is 32.7. The van der Waals surface area contributed by atoms with Gasteiger partial charge < -0.3 is 10.1 Å². The minimum Gasteiger partial charge on any atom is -0.449 e. The van der Waals surface area contributed by atoms with Gasteiger partial charge in [-0.2, -0.15) is 0 Å². The second-order valence-corrected chi connectivity index (χ2v) is 8.44. The van der Waals surface area contributed by atoms with Crippen molar-refractivity contribution in [3.63, 3.8) is 0 Å². The molecule has 0 spiro atoms. The van der Waals surface area contributed by atoms with Gasteiger partial charge in [0.1, 0.15) is 0 Å². The van der Waals surface area contributed by atoms with Gasteiger partial charge >= 0.3 is 5.97 Å². The molecular weight excluding hydrogens is 380 g/mol. The van der Waals surface area contributed by atoms with Crippen LogP contribution >= 0.6 is 0 Å². The van der Waals surface area contributed by atoms with Crippen molar-refractivity contribution < 1.29 is 22.7 Å². The molecule has 8 heteroatoms. The standard InChI is InChI=1S/C20H22N2O5S/c1-14(19(23)22-17-10-11-17)27-20(24)16-8-5-9-18(12-16)28(25,26)21-13-15-6-3-2-4-7-15/h2-9,12,14,17,21H,10-11,13H2,1H3,(H,22,23)/t14-/m1/s1. The van der Waals surface area contributed by atoms with Crippen molar-refractivity contribution in [1.82, 2.24) is 10.0 Å². The Hall–Kier alpha value is -2.71. The molecule has 0 heterocycles. The number of rotatable bonds is 8. The number of esters is 1. The molecule has 1 fully saturated rings. The Bertz CT molecular complexity index is 956. The van der Waals surface area contributed by atoms with Crippen molar-refractivity contribution in [3.8, 4) is 0 Å². The van der Waals surface area contributed by atoms with E-state index >= 15 is 0 Å². The van der Waals surface area contributed by atoms with Crippen LogP contribution in [0.5, 0.6) is 0 Å². The smallest absolute Gasteiger partial charge is 0.338 e. The van der Waals surface area contributed by atoms with Crippen molar-refractivity contribution in [2.75, 3.05) is 0 Å². The lowest BCUT2D eigenvalue weighted by molar-refractivity contribution is -0.129. The summed E-state index contributed by atoms with van der Waals surface area (Å²) in [7, 11) is -3.80. The average molecular weight is 402 g/mol. The maximum atomic E-state index is 12.5. The highest BCUT2D eigenvalue weighted by atomic mass is 32.2. The van der Waals surface area contributed by atoms with Crippen LogP contribution < -0.4 is 10.0 Å². The summed E-state index contributed by atoms with van der Waals surface area (Å²) >= 11 is 0. The minimum atomic E-state index is -3.80. The summed E-state index contributed by atoms with van der Waals surface area (Å²) in [5, 5.41) is 2.76. The SMILES string of the molecule is C[C@@H](OC(=O)c1cccc(S(=O)(=O)NCc2ccccc2)c1)C(=O)NC1CC1. The lowest BCUT2D eigenvalue weighted by atomic mass is 10.2. The first-order chi connectivity index (χ1) is 13.3. The summed E-state index contributed by atoms with van der Waals surface area (Å²) in [6.45, 7) is 1.62. The minimum absolute atomic E-state index is 0.0482. The van der Waals surface area contributed by atoms with Crippen LogP contribution in [0.1, 0.15) is 35.7 Å². The van der Waals surface area contributed by atoms with Crippen LogP contribution in [0.25, 0.3) is 0 Å². The normalized spacial score (nSPS) is 14.9. The molecule has 2 aromatic carbocycles. The van der Waals surface area contributed by atoms with E-state index in [4.69, 9.17) is 4.74 Å². The van der Waals surface area contributed by atoms with Gasteiger partial charge in [-0.1, -0.05) is 36.4 Å². The van der Waals surface area contributed by atoms with Gasteiger partial charge in [-0.3, -0.25) is 4.79 Å². The molecular formula is C20H22N2O5S. The van der Waals surface area contributed by atoms with Crippen molar-refractivity contribution in [3.05, 3.63) is 65.7 Å². The van der Waals surface area contributed by atoms with E-state index in [1.54, 1.807) is 0 Å². The number of hydrogen-bond acceptors (Lipinski definition) is 5. The molecule has 1 atom stereocenters. The Labute approximate surface area is 164 Å². The Morgan fingerprint density at radius 2 is 1.82 bits per heavy atom. The largest absolute Gasteiger partial charge is 0.449 e. The molecule has 0 aliphatic heterocycles. The molecule has 2 aromatic rings. The van der Waals surface area contributed by atoms with Gasteiger partial charge in [0.15, 0.2) is 6.10 Å². The number of carbonyl (C=O) groups excluding carboxylic acids is 2. The molecule has 1 aliphatic rings. The number of carbonyl (C=O) groups is 2. The van der Waals surface area contributed by atoms with Crippen LogP contribution in [-0.4, -0.2) is 32.4 Å². The van der Waals surface area contributed by atoms with Crippen LogP contribution in [-0.2, 0) is 26.1 Å². The van der Waals surface area contributed by atoms with Crippen LogP contribution in [0, 0.1) is 0 Å². The lowest BCUT2D eigenvalue weighted by Gasteiger charge is -2.13. The summed E-state index contributed by atoms with van der Waals surface area (Å²) in [5.41, 5.74) is 0.880. The molecule has 3 rings (SSSR count). The van der Waals surface area contributed by atoms with E-state index in [0.717, 1.165) is 18.4 Å². The van der Waals surface area contributed by atoms with Gasteiger partial charge in [-0.15, -0.1) is 0 Å². The molecule has 0 unspecified atom stereocenters. The van der Waals surface area contributed by atoms with Gasteiger partial charge in [0.2, 0.25) is 10.0 Å². The molecule has 1 amide bonds. The Morgan fingerprint density at radius 3 is 2.50 bits per heavy atom. The maximum Gasteiger partial charge on any atom is 0.338 e. The molecule has 1 saturated carbocycles. The fraction of sp³-hybridized carbons (Fsp3) is 0.300. The quantitative estimate of drug-likeness (QED) is 0.658. The van der Waals surface area contributed by atoms with Crippen LogP contribution in [0.3, 0.4) is 0 Å². The van der Waals surface area contributed by atoms with Crippen LogP contribution in [0.2, 0.25) is 0 Å². The first-order valence-corrected chi connectivity index (χ1v) is 10.5. The average Bonchev–Trinajstić information content (AvgIpc) is 3.51. The van der Waals surface area contributed by atoms with Gasteiger partial charge in [0.25, 0.3) is 5.91 Å². The van der Waals surface area contributed by atoms with Crippen molar-refractivity contribution in [2.45, 2.75) is 43.4 Å². The number of amides is 1. The van der Waals surface area contributed by atoms with Gasteiger partial charge in [0.05, 0.1) is 10.5 Å². The molecule has 1 aliphatic carbocycles. The zero-order valence-corrected chi connectivity index (χ0v) is 16.2. The number of benzene rings is 2. The molecule has 0 aromatic heterocycles. The third-order valence-electron chi connectivity index (χ3n) is 4.27. The van der Waals surface area contributed by atoms with E-state index < -0.39 is 22.1 Å². The third kappa shape index (κ3) is 5.40. The van der Waals surface area contributed by atoms with E-state index in [-0.39, 0.29) is 29.0 Å². The van der Waals surface area contributed by atoms with Crippen LogP contribution in [0.15, 0.2) is 59.5 Å². The van der Waals surface area contributed by atoms with Gasteiger partial charge in [-0.25, -0.2) is 17.9 Å². The summed E-state index contributed by atoms with van der Waals surface area (Å²) in [6, 6.07) is 14.8. The first-order valence-electron chi connectivity index (χ1n) is 9.00. The van der Waals surface area contributed by atoms with E-state index in [0.29, 0.717) is 0 Å². The zero-order valence-electron chi connectivity index (χ0n) is 15.4. The topological polar surface area (TPSA) is 102 Å². The predicted octanol–water partition coefficient (Wildman–Crippen LogP) is 1.99. The summed E-state index contributed by atoms with van der Waals surface area (Å²) in [6.07, 6.45) is 0.912. The fourth-order valence-electron chi connectivity index (χ4n) is 2.48. The number of ether oxygens (including phenoxy) is 1. The van der Waals surface area contributed by atoms with Gasteiger partial charge in [0, 0.05) is 12.6 Å². The summed E-state index contributed by atoms with van der Waals surface area (Å²) in [5.74, 6) is -1.11. The van der Waals surface area contributed by atoms with Crippen LogP contribution in [0.4, 0.5) is 0 Å². The Morgan fingerprint density at radius 1 is 1.11 bits per heavy atom. The number of hydrogen-bond donors (Lipinski definition) is 2. The fourth-order valence-corrected chi connectivity index (χ4v) is 3.54. The van der Waals surface area contributed by atoms with Crippen molar-refractivity contribution in [1.29, 1.82) is 0 Å². The van der Waals surface area contributed by atoms with E-state index in [2.05, 4.69) is 10.0 Å². The monoisotopic (exact) mass is 402 g/mol. The lowest BCUT2D eigenvalue weighted by Crippen LogP contribution is -2.37. The zero-order chi connectivity index (χ0) is 20.1. The van der Waals surface area contributed by atoms with E-state index in [9.17, 15) is 18.0 Å². The molecule has 0 radical (unpaired) electrons. The van der Waals surface area contributed by atoms with E-state index in [1.165, 1.54) is 31.2 Å². The molecule has 0 bridgehead atoms. The van der Waals surface area contributed by atoms with Crippen molar-refractivity contribution >= 4 is 21.9 Å². The highest BCUT2D eigenvalue weighted by Crippen LogP contribution is 2.19. The second kappa shape index (κ2) is 8.53. The first kappa shape index (κ1) is 20.0. The Kier molecular flexibility index (Phi) is 6.11. The predicted molar refractivity (Wildman–Crippen MR) is 103 cm³/mol. The molecule has 148 valence electrons. The van der Waals surface area contributed by atoms with E-state index in [1.807, 2.05) is 30.3 Å². The second-order valence-electron chi connectivity index (χ2n) is 6.67. The van der Waals surface area contributed by atoms with Crippen molar-refractivity contribution in [2.24, 2.45) is 0 Å². The highest BCUT2D eigenvalue weighted by Gasteiger charge is 2.27. The molecule has 7 nitrogen and oxygen atoms in total. The molecule has 0 saturated heterocycles. The van der Waals surface area contributed by atoms with Gasteiger partial charge in [-0.05, 0) is 43.5 Å². The molecule has 28 heavy (non-hydrogen) atoms. The molecule has 2 N–H and O–H groups in total. The Balaban J connectivity index is 1.64. The number of sulfonamides is 1. The third-order valence-corrected chi connectivity index (χ3v) is 5.66. The number of nitrogens with one attached hydrogen (secondary N) is 2. The highest BCUT2D eigenvalue weighted by molar-refractivity contribution is 7.89. The summed E-state index contributed by atoms with van der Waals surface area (Å²) in [4.78, 5) is 24.2. The maximum absolute atomic E-state index is 12.5.